The average Bonchev–Trinajstić information content (AvgIpc) is 3.04. The van der Waals surface area contributed by atoms with Gasteiger partial charge in [0.2, 0.25) is 0 Å². The molecule has 0 saturated heterocycles. The van der Waals surface area contributed by atoms with E-state index < -0.39 is 5.97 Å². The van der Waals surface area contributed by atoms with Crippen molar-refractivity contribution >= 4 is 40.2 Å². The summed E-state index contributed by atoms with van der Waals surface area (Å²) < 4.78 is 0. The van der Waals surface area contributed by atoms with Gasteiger partial charge in [-0.1, -0.05) is 0 Å². The summed E-state index contributed by atoms with van der Waals surface area (Å²) in [5.74, 6) is -1.22. The molecule has 4 nitrogen and oxygen atoms in total. The van der Waals surface area contributed by atoms with Gasteiger partial charge in [0.05, 0.1) is 10.6 Å². The Hall–Kier alpha value is -1.66. The molecule has 1 aliphatic carbocycles. The first kappa shape index (κ1) is 13.3. The molecular weight excluding hydrogens is 294 g/mol. The number of carboxylic acid groups (broad SMARTS) is 1. The zero-order chi connectivity index (χ0) is 14.3. The number of thiophene rings is 2. The SMILES string of the molecule is Cc1csc(C(=O)O)c1NC(=O)c1cc2c(s1)CCC2. The Kier molecular flexibility index (Phi) is 3.35. The summed E-state index contributed by atoms with van der Waals surface area (Å²) in [6.45, 7) is 1.80. The second-order valence-corrected chi connectivity index (χ2v) is 6.81. The van der Waals surface area contributed by atoms with Crippen LogP contribution < -0.4 is 5.32 Å². The highest BCUT2D eigenvalue weighted by molar-refractivity contribution is 7.14. The van der Waals surface area contributed by atoms with Crippen LogP contribution in [-0.2, 0) is 12.8 Å². The molecule has 0 spiro atoms. The number of carboxylic acids is 1. The number of amides is 1. The van der Waals surface area contributed by atoms with Gasteiger partial charge in [-0.25, -0.2) is 4.79 Å². The molecule has 0 fully saturated rings. The minimum Gasteiger partial charge on any atom is -0.477 e. The predicted molar refractivity (Wildman–Crippen MR) is 80.3 cm³/mol. The van der Waals surface area contributed by atoms with Crippen LogP contribution in [0.4, 0.5) is 5.69 Å². The molecule has 2 heterocycles. The van der Waals surface area contributed by atoms with Gasteiger partial charge in [-0.2, -0.15) is 0 Å². The number of aryl methyl sites for hydroxylation is 3. The molecule has 0 radical (unpaired) electrons. The van der Waals surface area contributed by atoms with Crippen molar-refractivity contribution in [1.82, 2.24) is 0 Å². The van der Waals surface area contributed by atoms with E-state index in [4.69, 9.17) is 5.11 Å². The van der Waals surface area contributed by atoms with Crippen LogP contribution in [0.2, 0.25) is 0 Å². The third-order valence-corrected chi connectivity index (χ3v) is 5.70. The van der Waals surface area contributed by atoms with Crippen molar-refractivity contribution in [3.8, 4) is 0 Å². The lowest BCUT2D eigenvalue weighted by Crippen LogP contribution is -2.13. The van der Waals surface area contributed by atoms with Crippen LogP contribution in [0.15, 0.2) is 11.4 Å². The molecule has 0 saturated carbocycles. The van der Waals surface area contributed by atoms with E-state index in [0.29, 0.717) is 10.6 Å². The first-order valence-electron chi connectivity index (χ1n) is 6.30. The quantitative estimate of drug-likeness (QED) is 0.911. The highest BCUT2D eigenvalue weighted by atomic mass is 32.1. The average molecular weight is 307 g/mol. The van der Waals surface area contributed by atoms with Gasteiger partial charge in [-0.05, 0) is 48.8 Å². The molecule has 0 bridgehead atoms. The van der Waals surface area contributed by atoms with Crippen LogP contribution in [0.5, 0.6) is 0 Å². The first-order valence-corrected chi connectivity index (χ1v) is 8.00. The highest BCUT2D eigenvalue weighted by Crippen LogP contribution is 2.32. The lowest BCUT2D eigenvalue weighted by molar-refractivity contribution is 0.0703. The van der Waals surface area contributed by atoms with E-state index in [1.54, 1.807) is 12.3 Å². The van der Waals surface area contributed by atoms with Gasteiger partial charge in [0.25, 0.3) is 5.91 Å². The summed E-state index contributed by atoms with van der Waals surface area (Å²) in [5.41, 5.74) is 2.46. The first-order chi connectivity index (χ1) is 9.56. The summed E-state index contributed by atoms with van der Waals surface area (Å²) in [6, 6.07) is 1.93. The standard InChI is InChI=1S/C14H13NO3S2/c1-7-6-19-12(14(17)18)11(7)15-13(16)10-5-8-3-2-4-9(8)20-10/h5-6H,2-4H2,1H3,(H,15,16)(H,17,18). The Morgan fingerprint density at radius 3 is 2.85 bits per heavy atom. The summed E-state index contributed by atoms with van der Waals surface area (Å²) in [5, 5.41) is 13.6. The van der Waals surface area contributed by atoms with E-state index >= 15 is 0 Å². The fraction of sp³-hybridized carbons (Fsp3) is 0.286. The van der Waals surface area contributed by atoms with Crippen molar-refractivity contribution in [2.24, 2.45) is 0 Å². The van der Waals surface area contributed by atoms with Gasteiger partial charge in [0.15, 0.2) is 0 Å². The number of carbonyl (C=O) groups is 2. The predicted octanol–water partition coefficient (Wildman–Crippen LogP) is 3.56. The van der Waals surface area contributed by atoms with Crippen molar-refractivity contribution < 1.29 is 14.7 Å². The molecule has 3 rings (SSSR count). The minimum atomic E-state index is -1.01. The zero-order valence-electron chi connectivity index (χ0n) is 10.9. The Balaban J connectivity index is 1.85. The number of aromatic carboxylic acids is 1. The largest absolute Gasteiger partial charge is 0.477 e. The molecule has 20 heavy (non-hydrogen) atoms. The number of fused-ring (bicyclic) bond motifs is 1. The smallest absolute Gasteiger partial charge is 0.348 e. The summed E-state index contributed by atoms with van der Waals surface area (Å²) in [6.07, 6.45) is 3.25. The van der Waals surface area contributed by atoms with Crippen LogP contribution >= 0.6 is 22.7 Å². The van der Waals surface area contributed by atoms with Crippen LogP contribution in [0.3, 0.4) is 0 Å². The van der Waals surface area contributed by atoms with Gasteiger partial charge in [-0.3, -0.25) is 4.79 Å². The van der Waals surface area contributed by atoms with E-state index in [2.05, 4.69) is 5.32 Å². The number of nitrogens with one attached hydrogen (secondary N) is 1. The van der Waals surface area contributed by atoms with Gasteiger partial charge in [-0.15, -0.1) is 22.7 Å². The number of carbonyl (C=O) groups excluding carboxylic acids is 1. The lowest BCUT2D eigenvalue weighted by atomic mass is 10.2. The van der Waals surface area contributed by atoms with E-state index in [-0.39, 0.29) is 10.8 Å². The Bertz CT molecular complexity index is 678. The number of anilines is 1. The fourth-order valence-electron chi connectivity index (χ4n) is 2.37. The van der Waals surface area contributed by atoms with Crippen molar-refractivity contribution in [2.45, 2.75) is 26.2 Å². The molecule has 2 aromatic heterocycles. The van der Waals surface area contributed by atoms with E-state index in [0.717, 1.165) is 36.2 Å². The normalized spacial score (nSPS) is 13.2. The lowest BCUT2D eigenvalue weighted by Gasteiger charge is -2.04. The van der Waals surface area contributed by atoms with Crippen LogP contribution in [-0.4, -0.2) is 17.0 Å². The maximum absolute atomic E-state index is 12.3. The van der Waals surface area contributed by atoms with Crippen molar-refractivity contribution in [3.63, 3.8) is 0 Å². The molecular formula is C14H13NO3S2. The monoisotopic (exact) mass is 307 g/mol. The number of hydrogen-bond acceptors (Lipinski definition) is 4. The molecule has 0 unspecified atom stereocenters. The molecule has 2 aromatic rings. The van der Waals surface area contributed by atoms with Gasteiger partial charge < -0.3 is 10.4 Å². The third kappa shape index (κ3) is 2.25. The molecule has 6 heteroatoms. The van der Waals surface area contributed by atoms with Crippen molar-refractivity contribution in [3.05, 3.63) is 37.2 Å². The van der Waals surface area contributed by atoms with E-state index in [9.17, 15) is 9.59 Å². The summed E-state index contributed by atoms with van der Waals surface area (Å²) >= 11 is 2.65. The maximum Gasteiger partial charge on any atom is 0.348 e. The Morgan fingerprint density at radius 1 is 1.35 bits per heavy atom. The molecule has 0 atom stereocenters. The summed E-state index contributed by atoms with van der Waals surface area (Å²) in [4.78, 5) is 25.5. The molecule has 0 aromatic carbocycles. The van der Waals surface area contributed by atoms with Crippen molar-refractivity contribution in [2.75, 3.05) is 5.32 Å². The minimum absolute atomic E-state index is 0.181. The fourth-order valence-corrected chi connectivity index (χ4v) is 4.37. The van der Waals surface area contributed by atoms with E-state index in [1.807, 2.05) is 6.07 Å². The van der Waals surface area contributed by atoms with Crippen molar-refractivity contribution in [1.29, 1.82) is 0 Å². The topological polar surface area (TPSA) is 66.4 Å². The molecule has 104 valence electrons. The maximum atomic E-state index is 12.3. The highest BCUT2D eigenvalue weighted by Gasteiger charge is 2.21. The summed E-state index contributed by atoms with van der Waals surface area (Å²) in [7, 11) is 0. The third-order valence-electron chi connectivity index (χ3n) is 3.38. The number of hydrogen-bond donors (Lipinski definition) is 2. The van der Waals surface area contributed by atoms with Gasteiger partial charge in [0, 0.05) is 4.88 Å². The zero-order valence-corrected chi connectivity index (χ0v) is 12.5. The Labute approximate surface area is 124 Å². The molecule has 2 N–H and O–H groups in total. The second kappa shape index (κ2) is 5.03. The van der Waals surface area contributed by atoms with Crippen LogP contribution in [0, 0.1) is 6.92 Å². The molecule has 1 amide bonds. The molecule has 0 aliphatic heterocycles. The van der Waals surface area contributed by atoms with E-state index in [1.165, 1.54) is 21.8 Å². The second-order valence-electron chi connectivity index (χ2n) is 4.79. The van der Waals surface area contributed by atoms with Crippen LogP contribution in [0.1, 0.15) is 41.8 Å². The van der Waals surface area contributed by atoms with Gasteiger partial charge in [0.1, 0.15) is 4.88 Å². The Morgan fingerprint density at radius 2 is 2.15 bits per heavy atom. The van der Waals surface area contributed by atoms with Crippen LogP contribution in [0.25, 0.3) is 0 Å². The number of rotatable bonds is 3. The molecule has 1 aliphatic rings. The van der Waals surface area contributed by atoms with Gasteiger partial charge >= 0.3 is 5.97 Å².